The average molecular weight is 518 g/mol. The Labute approximate surface area is 216 Å². The number of aryl methyl sites for hydroxylation is 1. The lowest BCUT2D eigenvalue weighted by molar-refractivity contribution is 0.125. The molecular weight excluding hydrogens is 493 g/mol. The van der Waals surface area contributed by atoms with Gasteiger partial charge < -0.3 is 24.5 Å². The molecule has 0 bridgehead atoms. The fourth-order valence-electron chi connectivity index (χ4n) is 4.92. The number of nitrogens with one attached hydrogen (secondary N) is 1. The maximum absolute atomic E-state index is 15.3. The summed E-state index contributed by atoms with van der Waals surface area (Å²) in [6, 6.07) is 6.75. The van der Waals surface area contributed by atoms with Crippen LogP contribution in [0.5, 0.6) is 11.5 Å². The molecule has 12 heteroatoms. The van der Waals surface area contributed by atoms with Crippen LogP contribution < -0.4 is 14.5 Å². The molecule has 2 fully saturated rings. The molecule has 0 unspecified atom stereocenters. The van der Waals surface area contributed by atoms with Gasteiger partial charge >= 0.3 is 6.09 Å². The lowest BCUT2D eigenvalue weighted by Crippen LogP contribution is -2.27. The highest BCUT2D eigenvalue weighted by Gasteiger charge is 2.41. The number of aromatic nitrogens is 4. The molecule has 38 heavy (non-hydrogen) atoms. The van der Waals surface area contributed by atoms with Crippen molar-refractivity contribution in [2.24, 2.45) is 4.99 Å². The minimum atomic E-state index is -0.674. The minimum Gasteiger partial charge on any atom is -0.452 e. The number of imidazole rings is 1. The summed E-state index contributed by atoms with van der Waals surface area (Å²) >= 11 is 0. The molecule has 1 amide bonds. The molecule has 1 saturated carbocycles. The number of aromatic amines is 1. The van der Waals surface area contributed by atoms with Crippen LogP contribution in [-0.2, 0) is 11.3 Å². The molecule has 4 aromatic rings. The monoisotopic (exact) mass is 517 g/mol. The Morgan fingerprint density at radius 3 is 2.84 bits per heavy atom. The minimum absolute atomic E-state index is 0.0197. The largest absolute Gasteiger partial charge is 0.452 e. The van der Waals surface area contributed by atoms with E-state index in [9.17, 15) is 9.90 Å². The number of halogens is 1. The van der Waals surface area contributed by atoms with Gasteiger partial charge in [0.2, 0.25) is 0 Å². The number of aliphatic imine (C=N–C) groups is 1. The summed E-state index contributed by atoms with van der Waals surface area (Å²) in [7, 11) is 0. The van der Waals surface area contributed by atoms with Gasteiger partial charge in [-0.05, 0) is 44.0 Å². The average Bonchev–Trinajstić information content (AvgIpc) is 3.24. The fraction of sp³-hybridized carbons (Fsp3) is 0.308. The smallest absolute Gasteiger partial charge is 0.414 e. The Morgan fingerprint density at radius 1 is 1.21 bits per heavy atom. The molecular formula is C26H24FN7O4. The molecule has 194 valence electrons. The van der Waals surface area contributed by atoms with E-state index in [1.54, 1.807) is 36.1 Å². The van der Waals surface area contributed by atoms with Crippen LogP contribution in [0.25, 0.3) is 11.0 Å². The number of nitrogens with zero attached hydrogens (tertiary/aromatic N) is 6. The van der Waals surface area contributed by atoms with Gasteiger partial charge in [-0.15, -0.1) is 0 Å². The van der Waals surface area contributed by atoms with Crippen molar-refractivity contribution in [3.8, 4) is 11.5 Å². The number of benzene rings is 2. The molecule has 4 heterocycles. The predicted octanol–water partition coefficient (Wildman–Crippen LogP) is 4.33. The highest BCUT2D eigenvalue weighted by molar-refractivity contribution is 6.02. The van der Waals surface area contributed by atoms with Crippen LogP contribution in [0.1, 0.15) is 18.7 Å². The first kappa shape index (κ1) is 22.7. The first-order valence-corrected chi connectivity index (χ1v) is 12.4. The number of carbonyl (C=O) groups is 1. The second kappa shape index (κ2) is 8.28. The van der Waals surface area contributed by atoms with Gasteiger partial charge in [-0.25, -0.2) is 14.2 Å². The first-order valence-electron chi connectivity index (χ1n) is 12.4. The fourth-order valence-corrected chi connectivity index (χ4v) is 4.92. The predicted molar refractivity (Wildman–Crippen MR) is 138 cm³/mol. The third kappa shape index (κ3) is 3.76. The third-order valence-electron chi connectivity index (χ3n) is 7.01. The molecule has 7 rings (SSSR count). The Balaban J connectivity index is 1.30. The summed E-state index contributed by atoms with van der Waals surface area (Å²) in [4.78, 5) is 28.0. The van der Waals surface area contributed by atoms with E-state index in [2.05, 4.69) is 20.1 Å². The molecule has 2 N–H and O–H groups in total. The van der Waals surface area contributed by atoms with Crippen molar-refractivity contribution in [2.75, 3.05) is 29.5 Å². The van der Waals surface area contributed by atoms with Crippen molar-refractivity contribution < 1.29 is 23.8 Å². The number of hydrogen-bond donors (Lipinski definition) is 2. The van der Waals surface area contributed by atoms with Crippen LogP contribution in [0, 0.1) is 12.7 Å². The van der Waals surface area contributed by atoms with Gasteiger partial charge in [0.25, 0.3) is 0 Å². The summed E-state index contributed by atoms with van der Waals surface area (Å²) < 4.78 is 28.3. The quantitative estimate of drug-likeness (QED) is 0.390. The summed E-state index contributed by atoms with van der Waals surface area (Å²) in [6.07, 6.45) is 6.37. The maximum atomic E-state index is 15.3. The molecule has 2 aromatic carbocycles. The number of fused-ring (bicyclic) bond motifs is 2. The van der Waals surface area contributed by atoms with Gasteiger partial charge in [-0.1, -0.05) is 0 Å². The van der Waals surface area contributed by atoms with Crippen LogP contribution in [0.15, 0.2) is 41.7 Å². The number of aliphatic hydroxyl groups is 1. The molecule has 0 spiro atoms. The van der Waals surface area contributed by atoms with Gasteiger partial charge in [0.1, 0.15) is 29.3 Å². The Bertz CT molecular complexity index is 1620. The number of cyclic esters (lactones) is 1. The summed E-state index contributed by atoms with van der Waals surface area (Å²) in [5.41, 5.74) is 2.51. The van der Waals surface area contributed by atoms with Crippen molar-refractivity contribution in [1.82, 2.24) is 19.7 Å². The SMILES string of the molecule is Cc1nc2c(F)c(Oc3ccc4c(c3N3CCOC3=O)N=CCN4c3cnn(CC4(O)CC4)c3)ccc2[nH]1. The highest BCUT2D eigenvalue weighted by atomic mass is 19.1. The normalized spacial score (nSPS) is 17.7. The number of anilines is 3. The van der Waals surface area contributed by atoms with Gasteiger partial charge in [0.05, 0.1) is 48.3 Å². The van der Waals surface area contributed by atoms with Crippen LogP contribution in [0.2, 0.25) is 0 Å². The van der Waals surface area contributed by atoms with E-state index in [4.69, 9.17) is 9.47 Å². The number of hydrogen-bond acceptors (Lipinski definition) is 8. The van der Waals surface area contributed by atoms with Crippen LogP contribution in [0.4, 0.5) is 31.9 Å². The van der Waals surface area contributed by atoms with E-state index in [1.165, 1.54) is 11.0 Å². The van der Waals surface area contributed by atoms with Crippen LogP contribution in [0.3, 0.4) is 0 Å². The lowest BCUT2D eigenvalue weighted by Gasteiger charge is -2.29. The van der Waals surface area contributed by atoms with Crippen LogP contribution in [-0.4, -0.2) is 62.5 Å². The Morgan fingerprint density at radius 2 is 2.05 bits per heavy atom. The van der Waals surface area contributed by atoms with E-state index in [0.717, 1.165) is 24.2 Å². The van der Waals surface area contributed by atoms with Crippen LogP contribution >= 0.6 is 0 Å². The third-order valence-corrected chi connectivity index (χ3v) is 7.01. The molecule has 2 aromatic heterocycles. The molecule has 0 atom stereocenters. The summed E-state index contributed by atoms with van der Waals surface area (Å²) in [5.74, 6) is 0.233. The molecule has 1 aliphatic carbocycles. The second-order valence-electron chi connectivity index (χ2n) is 9.79. The van der Waals surface area contributed by atoms with Gasteiger partial charge in [-0.3, -0.25) is 14.6 Å². The van der Waals surface area contributed by atoms with Gasteiger partial charge in [-0.2, -0.15) is 5.10 Å². The Kier molecular flexibility index (Phi) is 4.95. The van der Waals surface area contributed by atoms with Crippen molar-refractivity contribution in [3.63, 3.8) is 0 Å². The first-order chi connectivity index (χ1) is 18.4. The number of carbonyl (C=O) groups excluding carboxylic acids is 1. The van der Waals surface area contributed by atoms with E-state index < -0.39 is 17.5 Å². The summed E-state index contributed by atoms with van der Waals surface area (Å²) in [5, 5.41) is 14.7. The number of H-pyrrole nitrogens is 1. The number of amides is 1. The van der Waals surface area contributed by atoms with Crippen molar-refractivity contribution in [2.45, 2.75) is 31.9 Å². The zero-order valence-electron chi connectivity index (χ0n) is 20.5. The standard InChI is InChI=1S/C26H24FN7O4/c1-15-30-17-2-4-19(21(27)22(17)31-15)38-20-5-3-18-23(24(20)34-10-11-37-25(34)35)28-8-9-33(18)16-12-29-32(13-16)14-26(36)6-7-26/h2-5,8,12-13,36H,6-7,9-11,14H2,1H3,(H,30,31). The summed E-state index contributed by atoms with van der Waals surface area (Å²) in [6.45, 7) is 3.19. The molecule has 0 radical (unpaired) electrons. The van der Waals surface area contributed by atoms with E-state index in [-0.39, 0.29) is 23.6 Å². The van der Waals surface area contributed by atoms with E-state index >= 15 is 4.39 Å². The van der Waals surface area contributed by atoms with Crippen molar-refractivity contribution >= 4 is 46.1 Å². The molecule has 2 aliphatic heterocycles. The van der Waals surface area contributed by atoms with Crippen molar-refractivity contribution in [1.29, 1.82) is 0 Å². The maximum Gasteiger partial charge on any atom is 0.414 e. The van der Waals surface area contributed by atoms with Crippen molar-refractivity contribution in [3.05, 3.63) is 48.3 Å². The highest BCUT2D eigenvalue weighted by Crippen LogP contribution is 2.50. The number of ether oxygens (including phenoxy) is 2. The molecule has 3 aliphatic rings. The van der Waals surface area contributed by atoms with E-state index in [0.29, 0.717) is 42.4 Å². The lowest BCUT2D eigenvalue weighted by atomic mass is 10.1. The van der Waals surface area contributed by atoms with Gasteiger partial charge in [0.15, 0.2) is 17.3 Å². The Hall–Kier alpha value is -4.45. The zero-order valence-corrected chi connectivity index (χ0v) is 20.5. The molecule has 11 nitrogen and oxygen atoms in total. The van der Waals surface area contributed by atoms with Gasteiger partial charge in [0, 0.05) is 12.4 Å². The molecule has 1 saturated heterocycles. The second-order valence-corrected chi connectivity index (χ2v) is 9.79. The zero-order chi connectivity index (χ0) is 26.0. The topological polar surface area (TPSA) is 121 Å². The van der Waals surface area contributed by atoms with E-state index in [1.807, 2.05) is 17.2 Å². The number of rotatable bonds is 6.